The third-order valence-electron chi connectivity index (χ3n) is 5.48. The Bertz CT molecular complexity index is 1440. The number of ketones is 2. The standard InChI is InChI=1S/C24H18N4O4S/c1-13-15(9-10-32-13)23-26-27-24(28(23)2)33-12-20(29)25-14-7-8-18-19(11-14)22(31)17-6-4-3-5-16(17)21(18)30/h3-11H,12H2,1-2H3,(H,25,29). The van der Waals surface area contributed by atoms with Gasteiger partial charge < -0.3 is 14.3 Å². The van der Waals surface area contributed by atoms with Gasteiger partial charge in [-0.2, -0.15) is 0 Å². The second-order valence-electron chi connectivity index (χ2n) is 7.56. The molecule has 164 valence electrons. The van der Waals surface area contributed by atoms with Crippen LogP contribution in [-0.4, -0.2) is 38.0 Å². The minimum Gasteiger partial charge on any atom is -0.469 e. The minimum atomic E-state index is -0.265. The van der Waals surface area contributed by atoms with Crippen LogP contribution < -0.4 is 5.32 Å². The molecule has 0 unspecified atom stereocenters. The maximum Gasteiger partial charge on any atom is 0.234 e. The first-order valence-corrected chi connectivity index (χ1v) is 11.1. The molecular formula is C24H18N4O4S. The number of nitrogens with zero attached hydrogens (tertiary/aromatic N) is 3. The van der Waals surface area contributed by atoms with Crippen LogP contribution in [-0.2, 0) is 11.8 Å². The molecule has 0 spiro atoms. The van der Waals surface area contributed by atoms with Crippen LogP contribution in [0, 0.1) is 6.92 Å². The van der Waals surface area contributed by atoms with Gasteiger partial charge in [-0.25, -0.2) is 0 Å². The number of nitrogens with one attached hydrogen (secondary N) is 1. The highest BCUT2D eigenvalue weighted by atomic mass is 32.2. The molecule has 5 rings (SSSR count). The van der Waals surface area contributed by atoms with E-state index < -0.39 is 0 Å². The summed E-state index contributed by atoms with van der Waals surface area (Å²) in [6, 6.07) is 13.3. The molecule has 0 aliphatic heterocycles. The van der Waals surface area contributed by atoms with Crippen molar-refractivity contribution < 1.29 is 18.8 Å². The minimum absolute atomic E-state index is 0.100. The van der Waals surface area contributed by atoms with Crippen molar-refractivity contribution >= 4 is 34.9 Å². The highest BCUT2D eigenvalue weighted by Crippen LogP contribution is 2.29. The Morgan fingerprint density at radius 1 is 0.970 bits per heavy atom. The van der Waals surface area contributed by atoms with Gasteiger partial charge in [0.05, 0.1) is 17.6 Å². The number of thioether (sulfide) groups is 1. The Hall–Kier alpha value is -3.98. The zero-order valence-corrected chi connectivity index (χ0v) is 18.6. The molecule has 1 aliphatic rings. The fourth-order valence-corrected chi connectivity index (χ4v) is 4.51. The van der Waals surface area contributed by atoms with Crippen molar-refractivity contribution in [3.63, 3.8) is 0 Å². The molecule has 2 aromatic heterocycles. The van der Waals surface area contributed by atoms with E-state index in [0.29, 0.717) is 33.4 Å². The molecule has 1 aliphatic carbocycles. The van der Waals surface area contributed by atoms with Crippen LogP contribution in [0.4, 0.5) is 5.69 Å². The summed E-state index contributed by atoms with van der Waals surface area (Å²) in [5, 5.41) is 11.7. The van der Waals surface area contributed by atoms with Crippen LogP contribution in [0.1, 0.15) is 37.6 Å². The molecule has 33 heavy (non-hydrogen) atoms. The normalized spacial score (nSPS) is 12.4. The maximum absolute atomic E-state index is 12.9. The van der Waals surface area contributed by atoms with Crippen molar-refractivity contribution in [2.24, 2.45) is 7.05 Å². The molecule has 1 N–H and O–H groups in total. The summed E-state index contributed by atoms with van der Waals surface area (Å²) in [4.78, 5) is 38.1. The van der Waals surface area contributed by atoms with Crippen LogP contribution in [0.25, 0.3) is 11.4 Å². The zero-order valence-electron chi connectivity index (χ0n) is 17.8. The molecular weight excluding hydrogens is 440 g/mol. The van der Waals surface area contributed by atoms with E-state index in [0.717, 1.165) is 11.3 Å². The molecule has 4 aromatic rings. The highest BCUT2D eigenvalue weighted by Gasteiger charge is 2.29. The number of amides is 1. The number of aromatic nitrogens is 3. The van der Waals surface area contributed by atoms with Crippen LogP contribution in [0.15, 0.2) is 64.4 Å². The van der Waals surface area contributed by atoms with E-state index in [2.05, 4.69) is 15.5 Å². The second-order valence-corrected chi connectivity index (χ2v) is 8.50. The van der Waals surface area contributed by atoms with Crippen molar-refractivity contribution in [3.05, 3.63) is 82.8 Å². The number of hydrogen-bond acceptors (Lipinski definition) is 7. The molecule has 0 saturated heterocycles. The van der Waals surface area contributed by atoms with Gasteiger partial charge in [0.2, 0.25) is 5.91 Å². The van der Waals surface area contributed by atoms with Gasteiger partial charge in [-0.3, -0.25) is 14.4 Å². The van der Waals surface area contributed by atoms with E-state index in [4.69, 9.17) is 4.42 Å². The summed E-state index contributed by atoms with van der Waals surface area (Å²) in [5.41, 5.74) is 2.70. The molecule has 1 amide bonds. The number of aryl methyl sites for hydroxylation is 1. The van der Waals surface area contributed by atoms with Crippen molar-refractivity contribution in [3.8, 4) is 11.4 Å². The van der Waals surface area contributed by atoms with Crippen LogP contribution in [0.5, 0.6) is 0 Å². The van der Waals surface area contributed by atoms with Gasteiger partial charge in [-0.15, -0.1) is 10.2 Å². The maximum atomic E-state index is 12.9. The van der Waals surface area contributed by atoms with Crippen molar-refractivity contribution in [2.75, 3.05) is 11.1 Å². The smallest absolute Gasteiger partial charge is 0.234 e. The lowest BCUT2D eigenvalue weighted by molar-refractivity contribution is -0.113. The number of hydrogen-bond donors (Lipinski definition) is 1. The second kappa shape index (κ2) is 8.18. The fraction of sp³-hybridized carbons (Fsp3) is 0.125. The fourth-order valence-electron chi connectivity index (χ4n) is 3.80. The van der Waals surface area contributed by atoms with Crippen molar-refractivity contribution in [1.29, 1.82) is 0 Å². The molecule has 0 atom stereocenters. The summed E-state index contributed by atoms with van der Waals surface area (Å²) in [6.07, 6.45) is 1.59. The molecule has 2 aromatic carbocycles. The topological polar surface area (TPSA) is 107 Å². The molecule has 0 bridgehead atoms. The predicted octanol–water partition coefficient (Wildman–Crippen LogP) is 3.89. The molecule has 0 fully saturated rings. The number of fused-ring (bicyclic) bond motifs is 2. The van der Waals surface area contributed by atoms with Gasteiger partial charge in [-0.1, -0.05) is 36.0 Å². The van der Waals surface area contributed by atoms with Crippen LogP contribution in [0.2, 0.25) is 0 Å². The number of anilines is 1. The van der Waals surface area contributed by atoms with Crippen LogP contribution in [0.3, 0.4) is 0 Å². The average Bonchev–Trinajstić information content (AvgIpc) is 3.40. The van der Waals surface area contributed by atoms with Crippen molar-refractivity contribution in [1.82, 2.24) is 14.8 Å². The van der Waals surface area contributed by atoms with Crippen LogP contribution >= 0.6 is 11.8 Å². The summed E-state index contributed by atoms with van der Waals surface area (Å²) in [7, 11) is 1.83. The van der Waals surface area contributed by atoms with E-state index in [1.807, 2.05) is 20.0 Å². The average molecular weight is 458 g/mol. The van der Waals surface area contributed by atoms with Gasteiger partial charge in [0.1, 0.15) is 5.76 Å². The number of carbonyl (C=O) groups is 3. The summed E-state index contributed by atoms with van der Waals surface area (Å²) in [6.45, 7) is 1.85. The number of furan rings is 1. The van der Waals surface area contributed by atoms with Gasteiger partial charge in [0, 0.05) is 35.0 Å². The Kier molecular flexibility index (Phi) is 5.18. The number of carbonyl (C=O) groups excluding carboxylic acids is 3. The lowest BCUT2D eigenvalue weighted by Crippen LogP contribution is -2.21. The summed E-state index contributed by atoms with van der Waals surface area (Å²) in [5.74, 6) is 0.805. The number of rotatable bonds is 5. The Labute approximate surface area is 193 Å². The number of benzene rings is 2. The summed E-state index contributed by atoms with van der Waals surface area (Å²) < 4.78 is 7.13. The molecule has 0 saturated carbocycles. The zero-order chi connectivity index (χ0) is 23.1. The molecule has 9 heteroatoms. The quantitative estimate of drug-likeness (QED) is 0.398. The first kappa shape index (κ1) is 20.9. The van der Waals surface area contributed by atoms with E-state index in [1.54, 1.807) is 53.3 Å². The third kappa shape index (κ3) is 3.66. The van der Waals surface area contributed by atoms with Gasteiger partial charge in [-0.05, 0) is 31.2 Å². The van der Waals surface area contributed by atoms with E-state index in [9.17, 15) is 14.4 Å². The van der Waals surface area contributed by atoms with Crippen molar-refractivity contribution in [2.45, 2.75) is 12.1 Å². The van der Waals surface area contributed by atoms with Gasteiger partial charge in [0.25, 0.3) is 0 Å². The molecule has 0 radical (unpaired) electrons. The third-order valence-corrected chi connectivity index (χ3v) is 6.50. The Morgan fingerprint density at radius 2 is 1.67 bits per heavy atom. The first-order chi connectivity index (χ1) is 15.9. The monoisotopic (exact) mass is 458 g/mol. The first-order valence-electron chi connectivity index (χ1n) is 10.1. The SMILES string of the molecule is Cc1occc1-c1nnc(SCC(=O)Nc2ccc3c(c2)C(=O)c2ccccc2C3=O)n1C. The summed E-state index contributed by atoms with van der Waals surface area (Å²) >= 11 is 1.24. The van der Waals surface area contributed by atoms with E-state index in [1.165, 1.54) is 11.8 Å². The Morgan fingerprint density at radius 3 is 2.36 bits per heavy atom. The largest absolute Gasteiger partial charge is 0.469 e. The van der Waals surface area contributed by atoms with E-state index in [-0.39, 0.29) is 28.8 Å². The van der Waals surface area contributed by atoms with Gasteiger partial charge in [0.15, 0.2) is 22.5 Å². The highest BCUT2D eigenvalue weighted by molar-refractivity contribution is 7.99. The molecule has 8 nitrogen and oxygen atoms in total. The Balaban J connectivity index is 1.29. The predicted molar refractivity (Wildman–Crippen MR) is 123 cm³/mol. The molecule has 2 heterocycles. The lowest BCUT2D eigenvalue weighted by Gasteiger charge is -2.18. The lowest BCUT2D eigenvalue weighted by atomic mass is 9.84. The van der Waals surface area contributed by atoms with Gasteiger partial charge >= 0.3 is 0 Å². The van der Waals surface area contributed by atoms with E-state index >= 15 is 0 Å².